The number of benzene rings is 2. The molecule has 162 valence electrons. The summed E-state index contributed by atoms with van der Waals surface area (Å²) in [6.45, 7) is 3.03. The number of thioether (sulfide) groups is 1. The minimum atomic E-state index is -3.54. The summed E-state index contributed by atoms with van der Waals surface area (Å²) in [6.07, 6.45) is 1.74. The highest BCUT2D eigenvalue weighted by molar-refractivity contribution is 7.99. The predicted octanol–water partition coefficient (Wildman–Crippen LogP) is 2.49. The lowest BCUT2D eigenvalue weighted by molar-refractivity contribution is -0.113. The first-order valence-corrected chi connectivity index (χ1v) is 12.2. The summed E-state index contributed by atoms with van der Waals surface area (Å²) in [4.78, 5) is 12.7. The smallest absolute Gasteiger partial charge is 0.243 e. The number of rotatable bonds is 7. The predicted molar refractivity (Wildman–Crippen MR) is 118 cm³/mol. The maximum absolute atomic E-state index is 12.7. The number of hydrogen-bond acceptors (Lipinski definition) is 7. The SMILES string of the molecule is Cc1ccccc1-n1nnnc1SCC(=O)Nc1cccc(S(=O)(=O)N2CCCC2)c1. The van der Waals surface area contributed by atoms with E-state index in [-0.39, 0.29) is 16.6 Å². The van der Waals surface area contributed by atoms with Gasteiger partial charge in [0, 0.05) is 18.8 Å². The number of amides is 1. The molecule has 1 aromatic heterocycles. The van der Waals surface area contributed by atoms with Crippen LogP contribution in [0.5, 0.6) is 0 Å². The van der Waals surface area contributed by atoms with Crippen LogP contribution in [0, 0.1) is 6.92 Å². The van der Waals surface area contributed by atoms with Crippen molar-refractivity contribution in [3.8, 4) is 5.69 Å². The largest absolute Gasteiger partial charge is 0.325 e. The van der Waals surface area contributed by atoms with Crippen LogP contribution in [0.1, 0.15) is 18.4 Å². The summed E-state index contributed by atoms with van der Waals surface area (Å²) in [7, 11) is -3.54. The molecule has 31 heavy (non-hydrogen) atoms. The Balaban J connectivity index is 1.42. The van der Waals surface area contributed by atoms with E-state index in [1.807, 2.05) is 31.2 Å². The molecule has 1 N–H and O–H groups in total. The van der Waals surface area contributed by atoms with Crippen LogP contribution in [0.25, 0.3) is 5.69 Å². The normalized spacial score (nSPS) is 14.6. The molecule has 0 atom stereocenters. The second-order valence-electron chi connectivity index (χ2n) is 7.14. The number of carbonyl (C=O) groups excluding carboxylic acids is 1. The van der Waals surface area contributed by atoms with Crippen molar-refractivity contribution in [2.24, 2.45) is 0 Å². The minimum Gasteiger partial charge on any atom is -0.325 e. The molecule has 0 radical (unpaired) electrons. The standard InChI is InChI=1S/C20H22N6O3S2/c1-15-7-2-3-10-18(15)26-20(22-23-24-26)30-14-19(27)21-16-8-6-9-17(13-16)31(28,29)25-11-4-5-12-25/h2-3,6-10,13H,4-5,11-12,14H2,1H3,(H,21,27). The fourth-order valence-corrected chi connectivity index (χ4v) is 5.61. The molecular formula is C20H22N6O3S2. The van der Waals surface area contributed by atoms with Gasteiger partial charge in [-0.15, -0.1) is 5.10 Å². The van der Waals surface area contributed by atoms with E-state index in [2.05, 4.69) is 20.8 Å². The molecule has 1 aliphatic heterocycles. The number of aryl methyl sites for hydroxylation is 1. The zero-order valence-corrected chi connectivity index (χ0v) is 18.6. The van der Waals surface area contributed by atoms with Gasteiger partial charge in [0.2, 0.25) is 21.1 Å². The van der Waals surface area contributed by atoms with Crippen LogP contribution in [0.4, 0.5) is 5.69 Å². The fraction of sp³-hybridized carbons (Fsp3) is 0.300. The second kappa shape index (κ2) is 9.16. The van der Waals surface area contributed by atoms with E-state index in [1.54, 1.807) is 22.9 Å². The molecule has 1 aliphatic rings. The van der Waals surface area contributed by atoms with E-state index in [4.69, 9.17) is 0 Å². The number of hydrogen-bond donors (Lipinski definition) is 1. The van der Waals surface area contributed by atoms with E-state index in [0.29, 0.717) is 23.9 Å². The van der Waals surface area contributed by atoms with Crippen molar-refractivity contribution >= 4 is 33.4 Å². The number of sulfonamides is 1. The van der Waals surface area contributed by atoms with Crippen LogP contribution < -0.4 is 5.32 Å². The summed E-state index contributed by atoms with van der Waals surface area (Å²) in [5.41, 5.74) is 2.29. The molecule has 0 saturated carbocycles. The van der Waals surface area contributed by atoms with Gasteiger partial charge in [-0.3, -0.25) is 4.79 Å². The van der Waals surface area contributed by atoms with Crippen LogP contribution in [-0.4, -0.2) is 57.7 Å². The number of nitrogens with zero attached hydrogens (tertiary/aromatic N) is 5. The van der Waals surface area contributed by atoms with Gasteiger partial charge in [-0.25, -0.2) is 8.42 Å². The van der Waals surface area contributed by atoms with Crippen LogP contribution in [0.2, 0.25) is 0 Å². The van der Waals surface area contributed by atoms with Crippen LogP contribution >= 0.6 is 11.8 Å². The maximum atomic E-state index is 12.7. The Bertz CT molecular complexity index is 1190. The number of nitrogens with one attached hydrogen (secondary N) is 1. The molecular weight excluding hydrogens is 436 g/mol. The first-order valence-electron chi connectivity index (χ1n) is 9.82. The average molecular weight is 459 g/mol. The van der Waals surface area contributed by atoms with Gasteiger partial charge in [0.05, 0.1) is 16.3 Å². The van der Waals surface area contributed by atoms with Crippen LogP contribution in [-0.2, 0) is 14.8 Å². The monoisotopic (exact) mass is 458 g/mol. The average Bonchev–Trinajstić information content (AvgIpc) is 3.45. The van der Waals surface area contributed by atoms with Crippen LogP contribution in [0.3, 0.4) is 0 Å². The van der Waals surface area contributed by atoms with Crippen molar-refractivity contribution in [3.05, 3.63) is 54.1 Å². The van der Waals surface area contributed by atoms with Crippen molar-refractivity contribution in [3.63, 3.8) is 0 Å². The highest BCUT2D eigenvalue weighted by Gasteiger charge is 2.27. The lowest BCUT2D eigenvalue weighted by Crippen LogP contribution is -2.28. The number of tetrazole rings is 1. The van der Waals surface area contributed by atoms with E-state index < -0.39 is 10.0 Å². The van der Waals surface area contributed by atoms with Crippen molar-refractivity contribution in [2.45, 2.75) is 29.8 Å². The number of para-hydroxylation sites is 1. The molecule has 0 bridgehead atoms. The molecule has 0 aliphatic carbocycles. The highest BCUT2D eigenvalue weighted by Crippen LogP contribution is 2.24. The molecule has 2 heterocycles. The Kier molecular flexibility index (Phi) is 6.35. The van der Waals surface area contributed by atoms with E-state index in [0.717, 1.165) is 24.1 Å². The van der Waals surface area contributed by atoms with Gasteiger partial charge in [-0.2, -0.15) is 8.99 Å². The van der Waals surface area contributed by atoms with Gasteiger partial charge in [0.25, 0.3) is 0 Å². The fourth-order valence-electron chi connectivity index (χ4n) is 3.36. The topological polar surface area (TPSA) is 110 Å². The summed E-state index contributed by atoms with van der Waals surface area (Å²) in [5, 5.41) is 15.0. The van der Waals surface area contributed by atoms with Crippen molar-refractivity contribution < 1.29 is 13.2 Å². The zero-order chi connectivity index (χ0) is 21.8. The van der Waals surface area contributed by atoms with Gasteiger partial charge in [0.1, 0.15) is 0 Å². The lowest BCUT2D eigenvalue weighted by Gasteiger charge is -2.16. The molecule has 4 rings (SSSR count). The summed E-state index contributed by atoms with van der Waals surface area (Å²) >= 11 is 1.20. The Morgan fingerprint density at radius 2 is 1.90 bits per heavy atom. The molecule has 9 nitrogen and oxygen atoms in total. The summed E-state index contributed by atoms with van der Waals surface area (Å²) < 4.78 is 28.6. The molecule has 11 heteroatoms. The molecule has 0 unspecified atom stereocenters. The molecule has 1 amide bonds. The first kappa shape index (κ1) is 21.5. The molecule has 3 aromatic rings. The Hall–Kier alpha value is -2.76. The minimum absolute atomic E-state index is 0.0787. The summed E-state index contributed by atoms with van der Waals surface area (Å²) in [5.74, 6) is -0.199. The molecule has 0 spiro atoms. The molecule has 1 saturated heterocycles. The van der Waals surface area contributed by atoms with Gasteiger partial charge < -0.3 is 5.32 Å². The molecule has 2 aromatic carbocycles. The number of anilines is 1. The third-order valence-corrected chi connectivity index (χ3v) is 7.75. The van der Waals surface area contributed by atoms with Gasteiger partial charge in [0.15, 0.2) is 0 Å². The maximum Gasteiger partial charge on any atom is 0.243 e. The number of aromatic nitrogens is 4. The van der Waals surface area contributed by atoms with Gasteiger partial charge >= 0.3 is 0 Å². The Morgan fingerprint density at radius 1 is 1.13 bits per heavy atom. The van der Waals surface area contributed by atoms with E-state index in [9.17, 15) is 13.2 Å². The second-order valence-corrected chi connectivity index (χ2v) is 10.0. The van der Waals surface area contributed by atoms with Crippen LogP contribution in [0.15, 0.2) is 58.6 Å². The third kappa shape index (κ3) is 4.78. The third-order valence-electron chi connectivity index (χ3n) is 4.94. The zero-order valence-electron chi connectivity index (χ0n) is 16.9. The van der Waals surface area contributed by atoms with Crippen molar-refractivity contribution in [2.75, 3.05) is 24.2 Å². The van der Waals surface area contributed by atoms with E-state index >= 15 is 0 Å². The van der Waals surface area contributed by atoms with E-state index in [1.165, 1.54) is 22.1 Å². The lowest BCUT2D eigenvalue weighted by atomic mass is 10.2. The van der Waals surface area contributed by atoms with Gasteiger partial charge in [-0.05, 0) is 60.0 Å². The van der Waals surface area contributed by atoms with Crippen molar-refractivity contribution in [1.29, 1.82) is 0 Å². The number of carbonyl (C=O) groups is 1. The van der Waals surface area contributed by atoms with Crippen molar-refractivity contribution in [1.82, 2.24) is 24.5 Å². The summed E-state index contributed by atoms with van der Waals surface area (Å²) in [6, 6.07) is 14.0. The van der Waals surface area contributed by atoms with Gasteiger partial charge in [-0.1, -0.05) is 36.0 Å². The Labute approximate surface area is 184 Å². The highest BCUT2D eigenvalue weighted by atomic mass is 32.2. The quantitative estimate of drug-likeness (QED) is 0.542. The first-order chi connectivity index (χ1) is 14.9. The Morgan fingerprint density at radius 3 is 2.68 bits per heavy atom. The molecule has 1 fully saturated rings.